The minimum Gasteiger partial charge on any atom is -0.303 e. The Morgan fingerprint density at radius 1 is 1.56 bits per heavy atom. The molecule has 4 unspecified atom stereocenters. The van der Waals surface area contributed by atoms with Crippen molar-refractivity contribution in [1.82, 2.24) is 10.2 Å². The predicted molar refractivity (Wildman–Crippen MR) is 65.0 cm³/mol. The van der Waals surface area contributed by atoms with Crippen LogP contribution in [0.1, 0.15) is 39.5 Å². The van der Waals surface area contributed by atoms with E-state index in [2.05, 4.69) is 23.2 Å². The first-order valence-electron chi connectivity index (χ1n) is 6.44. The molecule has 2 aliphatic rings. The van der Waals surface area contributed by atoms with Gasteiger partial charge in [-0.15, -0.1) is 0 Å². The fourth-order valence-electron chi connectivity index (χ4n) is 3.41. The van der Waals surface area contributed by atoms with Crippen LogP contribution in [0.2, 0.25) is 0 Å². The molecule has 90 valence electrons. The summed E-state index contributed by atoms with van der Waals surface area (Å²) in [6, 6.07) is 3.71. The minimum atomic E-state index is -0.374. The molecular formula is C13H23N3. The van der Waals surface area contributed by atoms with Gasteiger partial charge in [0.1, 0.15) is 5.54 Å². The quantitative estimate of drug-likeness (QED) is 0.786. The summed E-state index contributed by atoms with van der Waals surface area (Å²) in [5.74, 6) is 0.940. The van der Waals surface area contributed by atoms with Crippen molar-refractivity contribution in [2.24, 2.45) is 5.92 Å². The smallest absolute Gasteiger partial charge is 0.105 e. The fraction of sp³-hybridized carbons (Fsp3) is 0.923. The lowest BCUT2D eigenvalue weighted by Gasteiger charge is -2.36. The van der Waals surface area contributed by atoms with E-state index in [-0.39, 0.29) is 5.54 Å². The molecule has 0 aromatic heterocycles. The molecule has 0 radical (unpaired) electrons. The van der Waals surface area contributed by atoms with Gasteiger partial charge in [-0.25, -0.2) is 0 Å². The van der Waals surface area contributed by atoms with Gasteiger partial charge in [0.2, 0.25) is 0 Å². The second-order valence-corrected chi connectivity index (χ2v) is 5.78. The Morgan fingerprint density at radius 2 is 2.31 bits per heavy atom. The first kappa shape index (κ1) is 11.9. The lowest BCUT2D eigenvalue weighted by molar-refractivity contribution is 0.137. The lowest BCUT2D eigenvalue weighted by atomic mass is 9.94. The first-order valence-corrected chi connectivity index (χ1v) is 6.44. The second kappa shape index (κ2) is 4.35. The highest BCUT2D eigenvalue weighted by Crippen LogP contribution is 2.39. The summed E-state index contributed by atoms with van der Waals surface area (Å²) in [6.07, 6.45) is 5.11. The van der Waals surface area contributed by atoms with E-state index in [0.717, 1.165) is 18.4 Å². The topological polar surface area (TPSA) is 39.1 Å². The van der Waals surface area contributed by atoms with Crippen LogP contribution in [-0.4, -0.2) is 36.1 Å². The molecule has 1 aliphatic carbocycles. The second-order valence-electron chi connectivity index (χ2n) is 5.78. The van der Waals surface area contributed by atoms with E-state index in [1.54, 1.807) is 0 Å². The monoisotopic (exact) mass is 221 g/mol. The molecule has 1 saturated heterocycles. The van der Waals surface area contributed by atoms with Crippen LogP contribution in [-0.2, 0) is 0 Å². The van der Waals surface area contributed by atoms with Gasteiger partial charge in [0.15, 0.2) is 0 Å². The summed E-state index contributed by atoms with van der Waals surface area (Å²) in [5, 5.41) is 12.3. The Kier molecular flexibility index (Phi) is 3.23. The van der Waals surface area contributed by atoms with Gasteiger partial charge in [-0.2, -0.15) is 5.26 Å². The number of nitriles is 1. The molecule has 3 heteroatoms. The number of piperidine rings is 1. The number of nitrogens with one attached hydrogen (secondary N) is 1. The molecule has 0 aromatic rings. The Morgan fingerprint density at radius 3 is 2.75 bits per heavy atom. The highest BCUT2D eigenvalue weighted by atomic mass is 15.2. The lowest BCUT2D eigenvalue weighted by Crippen LogP contribution is -2.47. The van der Waals surface area contributed by atoms with Crippen molar-refractivity contribution in [3.05, 3.63) is 0 Å². The maximum absolute atomic E-state index is 9.18. The fourth-order valence-corrected chi connectivity index (χ4v) is 3.41. The molecule has 1 heterocycles. The Bertz CT molecular complexity index is 296. The van der Waals surface area contributed by atoms with Crippen molar-refractivity contribution in [2.75, 3.05) is 13.6 Å². The molecule has 1 saturated carbocycles. The highest BCUT2D eigenvalue weighted by Gasteiger charge is 2.41. The van der Waals surface area contributed by atoms with Crippen LogP contribution < -0.4 is 5.32 Å². The Balaban J connectivity index is 1.94. The molecule has 1 aliphatic heterocycles. The van der Waals surface area contributed by atoms with Gasteiger partial charge < -0.3 is 5.32 Å². The van der Waals surface area contributed by atoms with Crippen molar-refractivity contribution in [1.29, 1.82) is 5.26 Å². The van der Waals surface area contributed by atoms with Gasteiger partial charge >= 0.3 is 0 Å². The average Bonchev–Trinajstić information content (AvgIpc) is 2.90. The first-order chi connectivity index (χ1) is 7.58. The van der Waals surface area contributed by atoms with Gasteiger partial charge in [0, 0.05) is 18.6 Å². The molecule has 4 atom stereocenters. The van der Waals surface area contributed by atoms with E-state index in [9.17, 15) is 5.26 Å². The summed E-state index contributed by atoms with van der Waals surface area (Å²) in [5.41, 5.74) is -0.374. The normalized spacial score (nSPS) is 34.6. The van der Waals surface area contributed by atoms with E-state index in [0.29, 0.717) is 6.04 Å². The van der Waals surface area contributed by atoms with Gasteiger partial charge in [-0.05, 0) is 52.5 Å². The van der Waals surface area contributed by atoms with Gasteiger partial charge in [0.05, 0.1) is 6.07 Å². The van der Waals surface area contributed by atoms with Crippen molar-refractivity contribution >= 4 is 0 Å². The number of fused-ring (bicyclic) bond motifs is 2. The molecule has 0 spiro atoms. The third kappa shape index (κ3) is 2.09. The number of hydrogen-bond donors (Lipinski definition) is 1. The largest absolute Gasteiger partial charge is 0.303 e. The van der Waals surface area contributed by atoms with Crippen LogP contribution in [0.4, 0.5) is 0 Å². The molecule has 2 rings (SSSR count). The van der Waals surface area contributed by atoms with Crippen LogP contribution in [0.3, 0.4) is 0 Å². The number of rotatable bonds is 4. The van der Waals surface area contributed by atoms with Gasteiger partial charge in [0.25, 0.3) is 0 Å². The summed E-state index contributed by atoms with van der Waals surface area (Å²) in [7, 11) is 1.88. The van der Waals surface area contributed by atoms with Gasteiger partial charge in [-0.1, -0.05) is 0 Å². The maximum Gasteiger partial charge on any atom is 0.105 e. The molecule has 16 heavy (non-hydrogen) atoms. The third-order valence-corrected chi connectivity index (χ3v) is 4.52. The van der Waals surface area contributed by atoms with Crippen LogP contribution in [0.15, 0.2) is 0 Å². The zero-order chi connectivity index (χ0) is 11.8. The molecule has 2 bridgehead atoms. The molecule has 0 amide bonds. The van der Waals surface area contributed by atoms with Crippen molar-refractivity contribution < 1.29 is 0 Å². The zero-order valence-corrected chi connectivity index (χ0v) is 10.7. The minimum absolute atomic E-state index is 0.374. The molecule has 2 fully saturated rings. The van der Waals surface area contributed by atoms with E-state index >= 15 is 0 Å². The van der Waals surface area contributed by atoms with Crippen molar-refractivity contribution in [2.45, 2.75) is 57.2 Å². The van der Waals surface area contributed by atoms with E-state index in [1.165, 1.54) is 25.8 Å². The van der Waals surface area contributed by atoms with Crippen LogP contribution in [0.25, 0.3) is 0 Å². The number of likely N-dealkylation sites (tertiary alicyclic amines) is 1. The number of hydrogen-bond acceptors (Lipinski definition) is 3. The molecule has 0 aromatic carbocycles. The molecule has 3 nitrogen and oxygen atoms in total. The standard InChI is InChI=1S/C13H23N3/c1-10(7-13(2,9-14)15-3)16-8-11-4-5-12(16)6-11/h10-12,15H,4-8H2,1-3H3. The SMILES string of the molecule is CNC(C)(C#N)CC(C)N1CC2CCC1C2. The highest BCUT2D eigenvalue weighted by molar-refractivity contribution is 5.06. The third-order valence-electron chi connectivity index (χ3n) is 4.52. The van der Waals surface area contributed by atoms with Crippen LogP contribution in [0, 0.1) is 17.2 Å². The van der Waals surface area contributed by atoms with Crippen molar-refractivity contribution in [3.63, 3.8) is 0 Å². The van der Waals surface area contributed by atoms with Crippen LogP contribution >= 0.6 is 0 Å². The summed E-state index contributed by atoms with van der Waals surface area (Å²) >= 11 is 0. The maximum atomic E-state index is 9.18. The van der Waals surface area contributed by atoms with Gasteiger partial charge in [-0.3, -0.25) is 4.90 Å². The van der Waals surface area contributed by atoms with Crippen LogP contribution in [0.5, 0.6) is 0 Å². The predicted octanol–water partition coefficient (Wildman–Crippen LogP) is 1.75. The summed E-state index contributed by atoms with van der Waals surface area (Å²) in [4.78, 5) is 2.63. The number of nitrogens with zero attached hydrogens (tertiary/aromatic N) is 2. The zero-order valence-electron chi connectivity index (χ0n) is 10.7. The Hall–Kier alpha value is -0.590. The summed E-state index contributed by atoms with van der Waals surface area (Å²) in [6.45, 7) is 5.53. The van der Waals surface area contributed by atoms with Crippen molar-refractivity contribution in [3.8, 4) is 6.07 Å². The average molecular weight is 221 g/mol. The molecule has 1 N–H and O–H groups in total. The Labute approximate surface area is 98.8 Å². The summed E-state index contributed by atoms with van der Waals surface area (Å²) < 4.78 is 0. The van der Waals surface area contributed by atoms with E-state index in [1.807, 2.05) is 14.0 Å². The van der Waals surface area contributed by atoms with E-state index in [4.69, 9.17) is 0 Å². The molecular weight excluding hydrogens is 198 g/mol. The van der Waals surface area contributed by atoms with E-state index < -0.39 is 0 Å².